The lowest BCUT2D eigenvalue weighted by molar-refractivity contribution is 0.496. The van der Waals surface area contributed by atoms with Crippen LogP contribution >= 0.6 is 15.9 Å². The summed E-state index contributed by atoms with van der Waals surface area (Å²) in [5.74, 6) is 0.800. The van der Waals surface area contributed by atoms with Gasteiger partial charge < -0.3 is 0 Å². The number of benzene rings is 1. The summed E-state index contributed by atoms with van der Waals surface area (Å²) in [5.41, 5.74) is 2.87. The number of aryl methyl sites for hydroxylation is 1. The molecular weight excluding hydrogens is 272 g/mol. The van der Waals surface area contributed by atoms with Gasteiger partial charge in [-0.1, -0.05) is 78.4 Å². The lowest BCUT2D eigenvalue weighted by atomic mass is 9.94. The molecule has 0 saturated carbocycles. The number of hydrogen-bond donors (Lipinski definition) is 0. The van der Waals surface area contributed by atoms with Gasteiger partial charge >= 0.3 is 0 Å². The number of rotatable bonds is 8. The van der Waals surface area contributed by atoms with Crippen molar-refractivity contribution in [3.63, 3.8) is 0 Å². The van der Waals surface area contributed by atoms with Crippen molar-refractivity contribution < 1.29 is 0 Å². The third-order valence-corrected chi connectivity index (χ3v) is 4.21. The highest BCUT2D eigenvalue weighted by molar-refractivity contribution is 9.09. The molecule has 0 amide bonds. The minimum absolute atomic E-state index is 0.800. The highest BCUT2D eigenvalue weighted by Crippen LogP contribution is 2.19. The minimum atomic E-state index is 0.800. The Morgan fingerprint density at radius 2 is 2.00 bits per heavy atom. The molecule has 1 aromatic carbocycles. The van der Waals surface area contributed by atoms with Crippen molar-refractivity contribution in [2.24, 2.45) is 5.92 Å². The second kappa shape index (κ2) is 8.74. The second-order valence-electron chi connectivity index (χ2n) is 5.06. The standard InChI is InChI=1S/C16H25Br/c1-3-4-5-6-9-16(13-17)12-15-10-7-8-14(2)11-15/h7-8,10-11,16H,3-6,9,12-13H2,1-2H3. The zero-order chi connectivity index (χ0) is 12.5. The van der Waals surface area contributed by atoms with E-state index < -0.39 is 0 Å². The SMILES string of the molecule is CCCCCCC(CBr)Cc1cccc(C)c1. The smallest absolute Gasteiger partial charge is 0.00628 e. The molecule has 0 aliphatic heterocycles. The van der Waals surface area contributed by atoms with E-state index in [-0.39, 0.29) is 0 Å². The van der Waals surface area contributed by atoms with Gasteiger partial charge in [-0.15, -0.1) is 0 Å². The Hall–Kier alpha value is -0.300. The topological polar surface area (TPSA) is 0 Å². The van der Waals surface area contributed by atoms with E-state index in [9.17, 15) is 0 Å². The van der Waals surface area contributed by atoms with Crippen LogP contribution in [0.4, 0.5) is 0 Å². The summed E-state index contributed by atoms with van der Waals surface area (Å²) in [6.07, 6.45) is 8.08. The molecule has 0 radical (unpaired) electrons. The van der Waals surface area contributed by atoms with E-state index in [1.54, 1.807) is 0 Å². The molecule has 1 heteroatoms. The maximum atomic E-state index is 3.66. The number of hydrogen-bond acceptors (Lipinski definition) is 0. The molecule has 0 aromatic heterocycles. The van der Waals surface area contributed by atoms with E-state index in [2.05, 4.69) is 54.0 Å². The molecule has 0 bridgehead atoms. The van der Waals surface area contributed by atoms with Crippen LogP contribution in [0.15, 0.2) is 24.3 Å². The van der Waals surface area contributed by atoms with Crippen molar-refractivity contribution in [3.05, 3.63) is 35.4 Å². The van der Waals surface area contributed by atoms with Crippen LogP contribution in [0.2, 0.25) is 0 Å². The van der Waals surface area contributed by atoms with Gasteiger partial charge in [0, 0.05) is 5.33 Å². The first-order chi connectivity index (χ1) is 8.26. The van der Waals surface area contributed by atoms with Gasteiger partial charge in [-0.3, -0.25) is 0 Å². The molecule has 1 aromatic rings. The van der Waals surface area contributed by atoms with Crippen LogP contribution < -0.4 is 0 Å². The van der Waals surface area contributed by atoms with E-state index in [1.807, 2.05) is 0 Å². The largest absolute Gasteiger partial charge is 0.0925 e. The van der Waals surface area contributed by atoms with Crippen LogP contribution in [-0.4, -0.2) is 5.33 Å². The highest BCUT2D eigenvalue weighted by atomic mass is 79.9. The molecule has 0 fully saturated rings. The third-order valence-electron chi connectivity index (χ3n) is 3.29. The fourth-order valence-electron chi connectivity index (χ4n) is 2.27. The molecule has 17 heavy (non-hydrogen) atoms. The van der Waals surface area contributed by atoms with Crippen molar-refractivity contribution in [2.75, 3.05) is 5.33 Å². The molecule has 0 N–H and O–H groups in total. The summed E-state index contributed by atoms with van der Waals surface area (Å²) >= 11 is 3.66. The van der Waals surface area contributed by atoms with Crippen LogP contribution in [-0.2, 0) is 6.42 Å². The molecule has 0 heterocycles. The Bertz CT molecular complexity index is 306. The first kappa shape index (κ1) is 14.8. The zero-order valence-corrected chi connectivity index (χ0v) is 12.8. The second-order valence-corrected chi connectivity index (χ2v) is 5.71. The lowest BCUT2D eigenvalue weighted by Crippen LogP contribution is -2.06. The van der Waals surface area contributed by atoms with Gasteiger partial charge in [0.1, 0.15) is 0 Å². The first-order valence-corrected chi connectivity index (χ1v) is 8.00. The van der Waals surface area contributed by atoms with Gasteiger partial charge in [0.25, 0.3) is 0 Å². The van der Waals surface area contributed by atoms with Gasteiger partial charge in [0.2, 0.25) is 0 Å². The molecule has 1 atom stereocenters. The number of unbranched alkanes of at least 4 members (excludes halogenated alkanes) is 3. The summed E-state index contributed by atoms with van der Waals surface area (Å²) in [6.45, 7) is 4.45. The van der Waals surface area contributed by atoms with E-state index in [0.29, 0.717) is 0 Å². The molecule has 0 spiro atoms. The summed E-state index contributed by atoms with van der Waals surface area (Å²) in [4.78, 5) is 0. The van der Waals surface area contributed by atoms with Crippen molar-refractivity contribution in [2.45, 2.75) is 52.4 Å². The molecule has 0 aliphatic carbocycles. The summed E-state index contributed by atoms with van der Waals surface area (Å²) < 4.78 is 0. The number of halogens is 1. The van der Waals surface area contributed by atoms with Gasteiger partial charge in [-0.2, -0.15) is 0 Å². The fraction of sp³-hybridized carbons (Fsp3) is 0.625. The van der Waals surface area contributed by atoms with Crippen LogP contribution in [0.5, 0.6) is 0 Å². The normalized spacial score (nSPS) is 12.6. The van der Waals surface area contributed by atoms with Crippen LogP contribution in [0.25, 0.3) is 0 Å². The monoisotopic (exact) mass is 296 g/mol. The average Bonchev–Trinajstić information content (AvgIpc) is 2.33. The van der Waals surface area contributed by atoms with Gasteiger partial charge in [0.05, 0.1) is 0 Å². The van der Waals surface area contributed by atoms with Crippen LogP contribution in [0, 0.1) is 12.8 Å². The van der Waals surface area contributed by atoms with E-state index >= 15 is 0 Å². The van der Waals surface area contributed by atoms with Crippen LogP contribution in [0.3, 0.4) is 0 Å². The van der Waals surface area contributed by atoms with Crippen molar-refractivity contribution in [3.8, 4) is 0 Å². The van der Waals surface area contributed by atoms with Crippen LogP contribution in [0.1, 0.15) is 50.2 Å². The third kappa shape index (κ3) is 6.26. The van der Waals surface area contributed by atoms with Crippen molar-refractivity contribution in [1.82, 2.24) is 0 Å². The molecule has 1 unspecified atom stereocenters. The Morgan fingerprint density at radius 1 is 1.18 bits per heavy atom. The predicted octanol–water partition coefficient (Wildman–Crippen LogP) is 5.52. The van der Waals surface area contributed by atoms with E-state index in [0.717, 1.165) is 11.2 Å². The zero-order valence-electron chi connectivity index (χ0n) is 11.2. The predicted molar refractivity (Wildman–Crippen MR) is 80.9 cm³/mol. The van der Waals surface area contributed by atoms with E-state index in [4.69, 9.17) is 0 Å². The van der Waals surface area contributed by atoms with Crippen molar-refractivity contribution in [1.29, 1.82) is 0 Å². The molecule has 0 aliphatic rings. The fourth-order valence-corrected chi connectivity index (χ4v) is 2.82. The Morgan fingerprint density at radius 3 is 2.65 bits per heavy atom. The maximum Gasteiger partial charge on any atom is 0.00628 e. The van der Waals surface area contributed by atoms with Crippen molar-refractivity contribution >= 4 is 15.9 Å². The number of alkyl halides is 1. The average molecular weight is 297 g/mol. The molecule has 0 nitrogen and oxygen atoms in total. The summed E-state index contributed by atoms with van der Waals surface area (Å²) in [6, 6.07) is 8.93. The minimum Gasteiger partial charge on any atom is -0.0925 e. The van der Waals surface area contributed by atoms with Gasteiger partial charge in [0.15, 0.2) is 0 Å². The van der Waals surface area contributed by atoms with Gasteiger partial charge in [-0.05, 0) is 31.2 Å². The van der Waals surface area contributed by atoms with E-state index in [1.165, 1.54) is 49.7 Å². The highest BCUT2D eigenvalue weighted by Gasteiger charge is 2.08. The molecule has 1 rings (SSSR count). The Kier molecular flexibility index (Phi) is 7.59. The van der Waals surface area contributed by atoms with Gasteiger partial charge in [-0.25, -0.2) is 0 Å². The lowest BCUT2D eigenvalue weighted by Gasteiger charge is -2.14. The Balaban J connectivity index is 2.35. The maximum absolute atomic E-state index is 3.66. The molecule has 0 saturated heterocycles. The molecule has 96 valence electrons. The first-order valence-electron chi connectivity index (χ1n) is 6.87. The summed E-state index contributed by atoms with van der Waals surface area (Å²) in [5, 5.41) is 1.13. The Labute approximate surface area is 115 Å². The summed E-state index contributed by atoms with van der Waals surface area (Å²) in [7, 11) is 0. The molecular formula is C16H25Br. The quantitative estimate of drug-likeness (QED) is 0.438.